The number of halogens is 1. The van der Waals surface area contributed by atoms with Crippen LogP contribution < -0.4 is 10.9 Å². The SMILES string of the molecule is Cc1ccc(S(=O)(=O)c2cnc(SCC(=O)Nc3cccc(F)c3)[nH]c2=O)cc1. The van der Waals surface area contributed by atoms with Gasteiger partial charge in [-0.3, -0.25) is 9.59 Å². The first-order chi connectivity index (χ1) is 13.8. The van der Waals surface area contributed by atoms with Crippen molar-refractivity contribution in [2.75, 3.05) is 11.1 Å². The summed E-state index contributed by atoms with van der Waals surface area (Å²) in [6, 6.07) is 11.5. The van der Waals surface area contributed by atoms with Crippen molar-refractivity contribution in [3.8, 4) is 0 Å². The molecule has 7 nitrogen and oxygen atoms in total. The molecule has 29 heavy (non-hydrogen) atoms. The standard InChI is InChI=1S/C19H16FN3O4S2/c1-12-5-7-15(8-6-12)29(26,27)16-10-21-19(23-18(16)25)28-11-17(24)22-14-4-2-3-13(20)9-14/h2-10H,11H2,1H3,(H,22,24)(H,21,23,25). The fourth-order valence-corrected chi connectivity index (χ4v) is 4.24. The van der Waals surface area contributed by atoms with E-state index in [4.69, 9.17) is 0 Å². The third-order valence-electron chi connectivity index (χ3n) is 3.81. The Kier molecular flexibility index (Phi) is 6.14. The Bertz CT molecular complexity index is 1210. The summed E-state index contributed by atoms with van der Waals surface area (Å²) < 4.78 is 38.4. The van der Waals surface area contributed by atoms with Gasteiger partial charge in [-0.2, -0.15) is 0 Å². The van der Waals surface area contributed by atoms with E-state index in [1.54, 1.807) is 12.1 Å². The molecule has 0 radical (unpaired) electrons. The van der Waals surface area contributed by atoms with Crippen molar-refractivity contribution in [1.29, 1.82) is 0 Å². The normalized spacial score (nSPS) is 11.2. The van der Waals surface area contributed by atoms with E-state index in [2.05, 4.69) is 15.3 Å². The molecule has 1 aromatic heterocycles. The highest BCUT2D eigenvalue weighted by molar-refractivity contribution is 7.99. The van der Waals surface area contributed by atoms with E-state index in [0.717, 1.165) is 23.5 Å². The van der Waals surface area contributed by atoms with Crippen LogP contribution in [0.4, 0.5) is 10.1 Å². The summed E-state index contributed by atoms with van der Waals surface area (Å²) in [6.45, 7) is 1.82. The van der Waals surface area contributed by atoms with Gasteiger partial charge in [0.2, 0.25) is 15.7 Å². The maximum atomic E-state index is 13.1. The van der Waals surface area contributed by atoms with Crippen LogP contribution in [0.2, 0.25) is 0 Å². The molecule has 0 fully saturated rings. The molecular formula is C19H16FN3O4S2. The zero-order valence-electron chi connectivity index (χ0n) is 15.2. The molecule has 0 atom stereocenters. The minimum absolute atomic E-state index is 0.00901. The molecule has 3 aromatic rings. The van der Waals surface area contributed by atoms with Crippen LogP contribution in [0.5, 0.6) is 0 Å². The number of sulfone groups is 1. The van der Waals surface area contributed by atoms with Gasteiger partial charge in [0.1, 0.15) is 5.82 Å². The molecule has 0 aliphatic heterocycles. The number of aryl methyl sites for hydroxylation is 1. The van der Waals surface area contributed by atoms with Crippen LogP contribution >= 0.6 is 11.8 Å². The molecule has 1 heterocycles. The van der Waals surface area contributed by atoms with Crippen molar-refractivity contribution >= 4 is 33.2 Å². The van der Waals surface area contributed by atoms with E-state index < -0.39 is 32.0 Å². The van der Waals surface area contributed by atoms with Crippen LogP contribution in [0, 0.1) is 12.7 Å². The molecule has 0 spiro atoms. The predicted molar refractivity (Wildman–Crippen MR) is 107 cm³/mol. The van der Waals surface area contributed by atoms with E-state index in [0.29, 0.717) is 5.69 Å². The van der Waals surface area contributed by atoms with E-state index in [-0.39, 0.29) is 15.8 Å². The first-order valence-electron chi connectivity index (χ1n) is 8.35. The molecule has 0 saturated carbocycles. The lowest BCUT2D eigenvalue weighted by atomic mass is 10.2. The largest absolute Gasteiger partial charge is 0.325 e. The van der Waals surface area contributed by atoms with Crippen molar-refractivity contribution in [2.24, 2.45) is 0 Å². The van der Waals surface area contributed by atoms with Crippen molar-refractivity contribution < 1.29 is 17.6 Å². The number of benzene rings is 2. The number of aromatic nitrogens is 2. The van der Waals surface area contributed by atoms with Crippen LogP contribution in [0.25, 0.3) is 0 Å². The van der Waals surface area contributed by atoms with Crippen LogP contribution in [0.3, 0.4) is 0 Å². The van der Waals surface area contributed by atoms with Crippen LogP contribution in [0.15, 0.2) is 74.5 Å². The summed E-state index contributed by atoms with van der Waals surface area (Å²) in [5.74, 6) is -1.02. The first kappa shape index (κ1) is 20.7. The average molecular weight is 433 g/mol. The van der Waals surface area contributed by atoms with E-state index in [1.807, 2.05) is 6.92 Å². The first-order valence-corrected chi connectivity index (χ1v) is 10.8. The Hall–Kier alpha value is -2.98. The Balaban J connectivity index is 1.70. The number of anilines is 1. The van der Waals surface area contributed by atoms with Gasteiger partial charge in [-0.05, 0) is 37.3 Å². The van der Waals surface area contributed by atoms with Crippen molar-refractivity contribution in [1.82, 2.24) is 9.97 Å². The van der Waals surface area contributed by atoms with Crippen LogP contribution in [-0.2, 0) is 14.6 Å². The van der Waals surface area contributed by atoms with Crippen molar-refractivity contribution in [2.45, 2.75) is 21.9 Å². The van der Waals surface area contributed by atoms with E-state index >= 15 is 0 Å². The lowest BCUT2D eigenvalue weighted by molar-refractivity contribution is -0.113. The number of thioether (sulfide) groups is 1. The summed E-state index contributed by atoms with van der Waals surface area (Å²) in [5, 5.41) is 2.60. The molecule has 1 amide bonds. The lowest BCUT2D eigenvalue weighted by Crippen LogP contribution is -2.20. The maximum absolute atomic E-state index is 13.1. The molecule has 0 aliphatic rings. The summed E-state index contributed by atoms with van der Waals surface area (Å²) in [4.78, 5) is 30.0. The fourth-order valence-electron chi connectivity index (χ4n) is 2.37. The van der Waals surface area contributed by atoms with Crippen molar-refractivity contribution in [3.63, 3.8) is 0 Å². The highest BCUT2D eigenvalue weighted by Gasteiger charge is 2.22. The minimum atomic E-state index is -4.01. The van der Waals surface area contributed by atoms with Gasteiger partial charge in [0.15, 0.2) is 10.1 Å². The van der Waals surface area contributed by atoms with Gasteiger partial charge in [0.05, 0.1) is 16.8 Å². The second kappa shape index (κ2) is 8.58. The summed E-state index contributed by atoms with van der Waals surface area (Å²) >= 11 is 0.916. The number of amides is 1. The number of rotatable bonds is 6. The smallest absolute Gasteiger partial charge is 0.270 e. The number of nitrogens with one attached hydrogen (secondary N) is 2. The average Bonchev–Trinajstić information content (AvgIpc) is 2.66. The van der Waals surface area contributed by atoms with Gasteiger partial charge in [-0.1, -0.05) is 35.5 Å². The van der Waals surface area contributed by atoms with E-state index in [9.17, 15) is 22.4 Å². The Morgan fingerprint density at radius 2 is 1.93 bits per heavy atom. The third-order valence-corrected chi connectivity index (χ3v) is 6.46. The topological polar surface area (TPSA) is 109 Å². The molecule has 2 N–H and O–H groups in total. The molecule has 0 bridgehead atoms. The number of nitrogens with zero attached hydrogens (tertiary/aromatic N) is 1. The Morgan fingerprint density at radius 3 is 2.59 bits per heavy atom. The number of carbonyl (C=O) groups excluding carboxylic acids is 1. The summed E-state index contributed by atoms with van der Waals surface area (Å²) in [5.41, 5.74) is 0.365. The Labute approximate surface area is 170 Å². The lowest BCUT2D eigenvalue weighted by Gasteiger charge is -2.06. The number of aromatic amines is 1. The summed E-state index contributed by atoms with van der Waals surface area (Å²) in [7, 11) is -4.01. The predicted octanol–water partition coefficient (Wildman–Crippen LogP) is 2.78. The quantitative estimate of drug-likeness (QED) is 0.457. The zero-order valence-corrected chi connectivity index (χ0v) is 16.8. The van der Waals surface area contributed by atoms with Gasteiger partial charge in [-0.25, -0.2) is 17.8 Å². The maximum Gasteiger partial charge on any atom is 0.270 e. The highest BCUT2D eigenvalue weighted by Crippen LogP contribution is 2.19. The molecule has 0 unspecified atom stereocenters. The second-order valence-corrected chi connectivity index (χ2v) is 8.93. The monoisotopic (exact) mass is 433 g/mol. The number of carbonyl (C=O) groups is 1. The van der Waals surface area contributed by atoms with Crippen molar-refractivity contribution in [3.05, 3.63) is 76.5 Å². The molecule has 2 aromatic carbocycles. The fraction of sp³-hybridized carbons (Fsp3) is 0.105. The minimum Gasteiger partial charge on any atom is -0.325 e. The molecule has 10 heteroatoms. The summed E-state index contributed by atoms with van der Waals surface area (Å²) in [6.07, 6.45) is 0.973. The zero-order chi connectivity index (χ0) is 21.0. The molecule has 0 aliphatic carbocycles. The van der Waals surface area contributed by atoms with Gasteiger partial charge < -0.3 is 10.3 Å². The molecule has 3 rings (SSSR count). The Morgan fingerprint density at radius 1 is 1.21 bits per heavy atom. The van der Waals surface area contributed by atoms with Gasteiger partial charge in [0.25, 0.3) is 5.56 Å². The number of hydrogen-bond acceptors (Lipinski definition) is 6. The van der Waals surface area contributed by atoms with Gasteiger partial charge >= 0.3 is 0 Å². The molecule has 150 valence electrons. The molecular weight excluding hydrogens is 417 g/mol. The van der Waals surface area contributed by atoms with E-state index in [1.165, 1.54) is 36.4 Å². The number of hydrogen-bond donors (Lipinski definition) is 2. The number of H-pyrrole nitrogens is 1. The van der Waals surface area contributed by atoms with Crippen LogP contribution in [0.1, 0.15) is 5.56 Å². The van der Waals surface area contributed by atoms with Gasteiger partial charge in [0, 0.05) is 5.69 Å². The third kappa shape index (κ3) is 5.09. The van der Waals surface area contributed by atoms with Gasteiger partial charge in [-0.15, -0.1) is 0 Å². The highest BCUT2D eigenvalue weighted by atomic mass is 32.2. The molecule has 0 saturated heterocycles. The van der Waals surface area contributed by atoms with Crippen LogP contribution in [-0.4, -0.2) is 30.0 Å². The second-order valence-electron chi connectivity index (χ2n) is 6.05.